The van der Waals surface area contributed by atoms with Crippen LogP contribution in [0.2, 0.25) is 0 Å². The van der Waals surface area contributed by atoms with Gasteiger partial charge in [0.25, 0.3) is 0 Å². The van der Waals surface area contributed by atoms with E-state index in [9.17, 15) is 5.11 Å². The molecule has 0 unspecified atom stereocenters. The standard InChI is InChI=1S/C54H61N2O2.Pt/c1-50(2,3)35-19-20-45(57)44(27-35)49-56-48-42(29-39(54(13,14)15)31-46(48)58-49)33-18-16-17-32(23-33)41-28-38(53(10,11)12)30-43-40(21-22-55-47(41)43)34-24-36(51(4,5)6)26-37(25-34)52(7,8)9;/h16-22,24-31,57H,1-15H3;/q-1;. The molecule has 0 atom stereocenters. The first-order valence-electron chi connectivity index (χ1n) is 20.7. The van der Waals surface area contributed by atoms with Crippen molar-refractivity contribution in [2.45, 2.75) is 131 Å². The molecule has 0 saturated carbocycles. The third kappa shape index (κ3) is 8.86. The first-order valence-corrected chi connectivity index (χ1v) is 20.7. The third-order valence-electron chi connectivity index (χ3n) is 11.5. The molecule has 1 N–H and O–H groups in total. The quantitative estimate of drug-likeness (QED) is 0.179. The number of phenolic OH excluding ortho intramolecular Hbond substituents is 1. The minimum Gasteiger partial charge on any atom is -0.507 e. The van der Waals surface area contributed by atoms with E-state index in [1.807, 2.05) is 18.3 Å². The van der Waals surface area contributed by atoms with E-state index >= 15 is 0 Å². The average molecular weight is 965 g/mol. The Kier molecular flexibility index (Phi) is 11.3. The van der Waals surface area contributed by atoms with Crippen LogP contribution in [0.15, 0.2) is 95.5 Å². The Morgan fingerprint density at radius 3 is 1.53 bits per heavy atom. The summed E-state index contributed by atoms with van der Waals surface area (Å²) >= 11 is 0. The van der Waals surface area contributed by atoms with Crippen molar-refractivity contribution in [3.05, 3.63) is 125 Å². The first-order chi connectivity index (χ1) is 26.8. The Balaban J connectivity index is 0.00000585. The van der Waals surface area contributed by atoms with Crippen molar-refractivity contribution in [1.29, 1.82) is 0 Å². The van der Waals surface area contributed by atoms with Crippen molar-refractivity contribution < 1.29 is 30.6 Å². The van der Waals surface area contributed by atoms with E-state index < -0.39 is 0 Å². The van der Waals surface area contributed by atoms with Gasteiger partial charge < -0.3 is 9.52 Å². The van der Waals surface area contributed by atoms with Crippen molar-refractivity contribution in [2.24, 2.45) is 0 Å². The van der Waals surface area contributed by atoms with Crippen LogP contribution < -0.4 is 0 Å². The van der Waals surface area contributed by atoms with Gasteiger partial charge in [-0.1, -0.05) is 151 Å². The number of hydrogen-bond acceptors (Lipinski definition) is 4. The van der Waals surface area contributed by atoms with Crippen LogP contribution in [0.25, 0.3) is 66.8 Å². The van der Waals surface area contributed by atoms with E-state index in [1.54, 1.807) is 6.07 Å². The predicted octanol–water partition coefficient (Wildman–Crippen LogP) is 15.0. The van der Waals surface area contributed by atoms with E-state index in [4.69, 9.17) is 14.4 Å². The predicted molar refractivity (Wildman–Crippen MR) is 245 cm³/mol. The van der Waals surface area contributed by atoms with Gasteiger partial charge in [0.15, 0.2) is 0 Å². The van der Waals surface area contributed by atoms with Gasteiger partial charge in [0.2, 0.25) is 5.89 Å². The van der Waals surface area contributed by atoms with Crippen LogP contribution in [-0.2, 0) is 48.1 Å². The molecule has 7 aromatic rings. The second-order valence-corrected chi connectivity index (χ2v) is 21.4. The zero-order valence-electron chi connectivity index (χ0n) is 37.7. The average Bonchev–Trinajstić information content (AvgIpc) is 3.56. The fraction of sp³-hybridized carbons (Fsp3) is 0.370. The molecule has 5 heteroatoms. The van der Waals surface area contributed by atoms with E-state index in [0.717, 1.165) is 49.8 Å². The molecule has 4 nitrogen and oxygen atoms in total. The second-order valence-electron chi connectivity index (χ2n) is 21.4. The van der Waals surface area contributed by atoms with Gasteiger partial charge in [-0.05, 0) is 96.4 Å². The molecule has 0 saturated heterocycles. The third-order valence-corrected chi connectivity index (χ3v) is 11.5. The van der Waals surface area contributed by atoms with Gasteiger partial charge in [-0.25, -0.2) is 4.98 Å². The monoisotopic (exact) mass is 964 g/mol. The van der Waals surface area contributed by atoms with E-state index in [0.29, 0.717) is 17.0 Å². The van der Waals surface area contributed by atoms with Crippen molar-refractivity contribution in [2.75, 3.05) is 0 Å². The molecular weight excluding hydrogens is 904 g/mol. The maximum atomic E-state index is 11.1. The summed E-state index contributed by atoms with van der Waals surface area (Å²) in [5, 5.41) is 12.2. The number of nitrogens with zero attached hydrogens (tertiary/aromatic N) is 2. The van der Waals surface area contributed by atoms with Crippen LogP contribution in [0.3, 0.4) is 0 Å². The number of benzene rings is 5. The van der Waals surface area contributed by atoms with Crippen LogP contribution in [0.4, 0.5) is 0 Å². The molecule has 2 aromatic heterocycles. The number of aromatic nitrogens is 2. The molecule has 0 aliphatic carbocycles. The fourth-order valence-corrected chi connectivity index (χ4v) is 7.53. The number of phenols is 1. The van der Waals surface area contributed by atoms with Crippen LogP contribution in [0.5, 0.6) is 5.75 Å². The van der Waals surface area contributed by atoms with Gasteiger partial charge in [0, 0.05) is 38.2 Å². The van der Waals surface area contributed by atoms with Crippen molar-refractivity contribution in [3.63, 3.8) is 0 Å². The summed E-state index contributed by atoms with van der Waals surface area (Å²) in [5.74, 6) is 0.538. The summed E-state index contributed by atoms with van der Waals surface area (Å²) in [6.45, 7) is 33.7. The zero-order chi connectivity index (χ0) is 42.3. The molecule has 0 fully saturated rings. The number of pyridine rings is 1. The van der Waals surface area contributed by atoms with Gasteiger partial charge >= 0.3 is 0 Å². The maximum Gasteiger partial charge on any atom is 0.230 e. The molecule has 0 radical (unpaired) electrons. The summed E-state index contributed by atoms with van der Waals surface area (Å²) in [6, 6.07) is 34.2. The van der Waals surface area contributed by atoms with Crippen molar-refractivity contribution in [3.8, 4) is 50.6 Å². The van der Waals surface area contributed by atoms with Gasteiger partial charge in [0.1, 0.15) is 11.3 Å². The number of fused-ring (bicyclic) bond motifs is 2. The van der Waals surface area contributed by atoms with Gasteiger partial charge in [0.05, 0.1) is 11.1 Å². The maximum absolute atomic E-state index is 11.1. The summed E-state index contributed by atoms with van der Waals surface area (Å²) in [5.41, 5.74) is 14.9. The van der Waals surface area contributed by atoms with Gasteiger partial charge in [-0.15, -0.1) is 35.4 Å². The number of hydrogen-bond donors (Lipinski definition) is 1. The topological polar surface area (TPSA) is 59.2 Å². The Morgan fingerprint density at radius 2 is 0.983 bits per heavy atom. The SMILES string of the molecule is CC(C)(C)c1cc(-c2ccnc3c(-c4[c-]c(-c5cc(C(C)(C)C)cc6oc(-c7cc(C(C)(C)C)ccc7O)nc56)ccc4)cc(C(C)(C)C)cc23)cc(C(C)(C)C)c1.[Pt]. The van der Waals surface area contributed by atoms with Crippen LogP contribution in [-0.4, -0.2) is 15.1 Å². The minimum atomic E-state index is -0.156. The van der Waals surface area contributed by atoms with Crippen molar-refractivity contribution >= 4 is 22.0 Å². The largest absolute Gasteiger partial charge is 0.507 e. The fourth-order valence-electron chi connectivity index (χ4n) is 7.53. The van der Waals surface area contributed by atoms with E-state index in [1.165, 1.54) is 27.8 Å². The summed E-state index contributed by atoms with van der Waals surface area (Å²) in [4.78, 5) is 10.2. The summed E-state index contributed by atoms with van der Waals surface area (Å²) < 4.78 is 6.55. The zero-order valence-corrected chi connectivity index (χ0v) is 40.0. The Labute approximate surface area is 367 Å². The van der Waals surface area contributed by atoms with Crippen LogP contribution in [0.1, 0.15) is 132 Å². The number of oxazole rings is 1. The number of rotatable bonds is 4. The number of aromatic hydroxyl groups is 1. The smallest absolute Gasteiger partial charge is 0.230 e. The molecule has 0 amide bonds. The Morgan fingerprint density at radius 1 is 0.492 bits per heavy atom. The molecule has 5 aromatic carbocycles. The second kappa shape index (κ2) is 15.2. The molecule has 310 valence electrons. The van der Waals surface area contributed by atoms with E-state index in [2.05, 4.69) is 177 Å². The van der Waals surface area contributed by atoms with Gasteiger partial charge in [-0.2, -0.15) is 0 Å². The van der Waals surface area contributed by atoms with Gasteiger partial charge in [-0.3, -0.25) is 4.98 Å². The molecular formula is C54H61N2O2Pt-. The Bertz CT molecular complexity index is 2670. The van der Waals surface area contributed by atoms with Crippen LogP contribution in [0, 0.1) is 6.07 Å². The normalized spacial score (nSPS) is 12.9. The first kappa shape index (κ1) is 44.0. The van der Waals surface area contributed by atoms with Crippen LogP contribution >= 0.6 is 0 Å². The molecule has 7 rings (SSSR count). The van der Waals surface area contributed by atoms with E-state index in [-0.39, 0.29) is 53.9 Å². The minimum absolute atomic E-state index is 0. The molecule has 0 bridgehead atoms. The molecule has 0 aliphatic rings. The van der Waals surface area contributed by atoms with Crippen molar-refractivity contribution in [1.82, 2.24) is 9.97 Å². The molecule has 59 heavy (non-hydrogen) atoms. The molecule has 0 aliphatic heterocycles. The molecule has 2 heterocycles. The Hall–Kier alpha value is -4.53. The summed E-state index contributed by atoms with van der Waals surface area (Å²) in [7, 11) is 0. The summed E-state index contributed by atoms with van der Waals surface area (Å²) in [6.07, 6.45) is 1.96. The molecule has 0 spiro atoms.